The maximum atomic E-state index is 12.7. The lowest BCUT2D eigenvalue weighted by Gasteiger charge is -2.38. The van der Waals surface area contributed by atoms with E-state index in [2.05, 4.69) is 0 Å². The lowest BCUT2D eigenvalue weighted by atomic mass is 9.89. The van der Waals surface area contributed by atoms with Crippen LogP contribution in [0.25, 0.3) is 0 Å². The molecule has 3 amide bonds. The number of likely N-dealkylation sites (tertiary alicyclic amines) is 2. The van der Waals surface area contributed by atoms with Crippen molar-refractivity contribution in [3.63, 3.8) is 0 Å². The van der Waals surface area contributed by atoms with Gasteiger partial charge >= 0.3 is 0 Å². The second-order valence-electron chi connectivity index (χ2n) is 7.84. The Labute approximate surface area is 138 Å². The summed E-state index contributed by atoms with van der Waals surface area (Å²) in [6, 6.07) is 0. The molecule has 0 aromatic heterocycles. The molecule has 0 aromatic carbocycles. The maximum Gasteiger partial charge on any atom is 0.227 e. The van der Waals surface area contributed by atoms with Gasteiger partial charge < -0.3 is 15.5 Å². The maximum absolute atomic E-state index is 12.7. The van der Waals surface area contributed by atoms with Gasteiger partial charge in [0.1, 0.15) is 0 Å². The number of rotatable bonds is 2. The Kier molecular flexibility index (Phi) is 5.32. The molecule has 6 heteroatoms. The van der Waals surface area contributed by atoms with Crippen LogP contribution in [0.5, 0.6) is 0 Å². The Balaban J connectivity index is 1.88. The summed E-state index contributed by atoms with van der Waals surface area (Å²) >= 11 is 0. The minimum atomic E-state index is -0.377. The van der Waals surface area contributed by atoms with Crippen molar-refractivity contribution in [2.24, 2.45) is 23.0 Å². The van der Waals surface area contributed by atoms with Crippen molar-refractivity contribution in [1.82, 2.24) is 9.80 Å². The van der Waals surface area contributed by atoms with Crippen LogP contribution in [0.1, 0.15) is 46.5 Å². The molecule has 23 heavy (non-hydrogen) atoms. The van der Waals surface area contributed by atoms with Gasteiger partial charge in [-0.3, -0.25) is 14.4 Å². The summed E-state index contributed by atoms with van der Waals surface area (Å²) in [5, 5.41) is 0. The van der Waals surface area contributed by atoms with E-state index in [9.17, 15) is 14.4 Å². The summed E-state index contributed by atoms with van der Waals surface area (Å²) in [7, 11) is 0. The fourth-order valence-electron chi connectivity index (χ4n) is 3.47. The first-order valence-corrected chi connectivity index (χ1v) is 8.57. The number of hydrogen-bond acceptors (Lipinski definition) is 3. The monoisotopic (exact) mass is 323 g/mol. The molecule has 2 aliphatic rings. The van der Waals surface area contributed by atoms with E-state index in [1.807, 2.05) is 25.7 Å². The van der Waals surface area contributed by atoms with Crippen molar-refractivity contribution in [3.05, 3.63) is 0 Å². The molecule has 1 atom stereocenters. The number of carbonyl (C=O) groups excluding carboxylic acids is 3. The van der Waals surface area contributed by atoms with E-state index in [1.54, 1.807) is 4.90 Å². The van der Waals surface area contributed by atoms with Crippen molar-refractivity contribution in [2.45, 2.75) is 46.5 Å². The van der Waals surface area contributed by atoms with E-state index in [1.165, 1.54) is 0 Å². The fraction of sp³-hybridized carbons (Fsp3) is 0.824. The number of primary amides is 1. The molecule has 0 bridgehead atoms. The summed E-state index contributed by atoms with van der Waals surface area (Å²) in [6.07, 6.45) is 3.02. The summed E-state index contributed by atoms with van der Waals surface area (Å²) in [5.74, 6) is -0.289. The van der Waals surface area contributed by atoms with Crippen LogP contribution in [-0.2, 0) is 14.4 Å². The SMILES string of the molecule is CC(C)(C)C(=O)N1CCC(C(=O)N2CCCC(C(N)=O)C2)CC1. The van der Waals surface area contributed by atoms with Gasteiger partial charge in [0.2, 0.25) is 17.7 Å². The Bertz CT molecular complexity index is 476. The average molecular weight is 323 g/mol. The Morgan fingerprint density at radius 2 is 1.52 bits per heavy atom. The summed E-state index contributed by atoms with van der Waals surface area (Å²) in [4.78, 5) is 40.0. The highest BCUT2D eigenvalue weighted by Crippen LogP contribution is 2.26. The van der Waals surface area contributed by atoms with Crippen LogP contribution in [0.4, 0.5) is 0 Å². The van der Waals surface area contributed by atoms with Gasteiger partial charge in [0.15, 0.2) is 0 Å². The summed E-state index contributed by atoms with van der Waals surface area (Å²) in [5.41, 5.74) is 5.00. The third-order valence-corrected chi connectivity index (χ3v) is 4.91. The number of amides is 3. The standard InChI is InChI=1S/C17H29N3O3/c1-17(2,3)16(23)19-9-6-12(7-10-19)15(22)20-8-4-5-13(11-20)14(18)21/h12-13H,4-11H2,1-3H3,(H2,18,21). The predicted octanol–water partition coefficient (Wildman–Crippen LogP) is 0.995. The first kappa shape index (κ1) is 17.8. The highest BCUT2D eigenvalue weighted by Gasteiger charge is 2.35. The molecule has 2 rings (SSSR count). The van der Waals surface area contributed by atoms with Crippen molar-refractivity contribution in [1.29, 1.82) is 0 Å². The second-order valence-corrected chi connectivity index (χ2v) is 7.84. The normalized spacial score (nSPS) is 23.7. The van der Waals surface area contributed by atoms with E-state index >= 15 is 0 Å². The highest BCUT2D eigenvalue weighted by atomic mass is 16.2. The van der Waals surface area contributed by atoms with Crippen molar-refractivity contribution in [3.8, 4) is 0 Å². The molecule has 1 unspecified atom stereocenters. The van der Waals surface area contributed by atoms with Gasteiger partial charge in [-0.05, 0) is 25.7 Å². The molecule has 0 radical (unpaired) electrons. The second kappa shape index (κ2) is 6.89. The molecule has 2 N–H and O–H groups in total. The van der Waals surface area contributed by atoms with Gasteiger partial charge in [0, 0.05) is 37.5 Å². The molecule has 0 saturated carbocycles. The molecule has 0 spiro atoms. The highest BCUT2D eigenvalue weighted by molar-refractivity contribution is 5.83. The number of nitrogens with two attached hydrogens (primary N) is 1. The minimum Gasteiger partial charge on any atom is -0.369 e. The van der Waals surface area contributed by atoms with E-state index in [4.69, 9.17) is 5.73 Å². The zero-order valence-corrected chi connectivity index (χ0v) is 14.5. The van der Waals surface area contributed by atoms with Crippen molar-refractivity contribution >= 4 is 17.7 Å². The molecule has 0 aromatic rings. The largest absolute Gasteiger partial charge is 0.369 e. The topological polar surface area (TPSA) is 83.7 Å². The molecule has 2 saturated heterocycles. The first-order valence-electron chi connectivity index (χ1n) is 8.57. The van der Waals surface area contributed by atoms with Gasteiger partial charge in [0.25, 0.3) is 0 Å². The molecule has 0 aliphatic carbocycles. The van der Waals surface area contributed by atoms with Gasteiger partial charge in [0.05, 0.1) is 5.92 Å². The molecule has 6 nitrogen and oxygen atoms in total. The molecular formula is C17H29N3O3. The van der Waals surface area contributed by atoms with E-state index in [-0.39, 0.29) is 35.0 Å². The number of piperidine rings is 2. The van der Waals surface area contributed by atoms with Crippen LogP contribution in [0.15, 0.2) is 0 Å². The van der Waals surface area contributed by atoms with Crippen LogP contribution in [0.3, 0.4) is 0 Å². The van der Waals surface area contributed by atoms with Gasteiger partial charge in [-0.1, -0.05) is 20.8 Å². The van der Waals surface area contributed by atoms with E-state index < -0.39 is 0 Å². The fourth-order valence-corrected chi connectivity index (χ4v) is 3.47. The van der Waals surface area contributed by atoms with E-state index in [0.717, 1.165) is 12.8 Å². The third-order valence-electron chi connectivity index (χ3n) is 4.91. The quantitative estimate of drug-likeness (QED) is 0.822. The Hall–Kier alpha value is -1.59. The number of hydrogen-bond donors (Lipinski definition) is 1. The molecule has 130 valence electrons. The van der Waals surface area contributed by atoms with Crippen LogP contribution in [-0.4, -0.2) is 53.7 Å². The van der Waals surface area contributed by atoms with Gasteiger partial charge in [-0.25, -0.2) is 0 Å². The van der Waals surface area contributed by atoms with Gasteiger partial charge in [-0.15, -0.1) is 0 Å². The number of nitrogens with zero attached hydrogens (tertiary/aromatic N) is 2. The van der Waals surface area contributed by atoms with Crippen LogP contribution >= 0.6 is 0 Å². The zero-order chi connectivity index (χ0) is 17.2. The molecular weight excluding hydrogens is 294 g/mol. The van der Waals surface area contributed by atoms with Crippen LogP contribution in [0, 0.1) is 17.3 Å². The van der Waals surface area contributed by atoms with Crippen LogP contribution in [0.2, 0.25) is 0 Å². The van der Waals surface area contributed by atoms with Gasteiger partial charge in [-0.2, -0.15) is 0 Å². The third kappa shape index (κ3) is 4.24. The van der Waals surface area contributed by atoms with E-state index in [0.29, 0.717) is 39.0 Å². The minimum absolute atomic E-state index is 0.0364. The van der Waals surface area contributed by atoms with Crippen molar-refractivity contribution in [2.75, 3.05) is 26.2 Å². The first-order chi connectivity index (χ1) is 10.7. The number of carbonyl (C=O) groups is 3. The van der Waals surface area contributed by atoms with Crippen molar-refractivity contribution < 1.29 is 14.4 Å². The predicted molar refractivity (Wildman–Crippen MR) is 87.3 cm³/mol. The van der Waals surface area contributed by atoms with Crippen LogP contribution < -0.4 is 5.73 Å². The lowest BCUT2D eigenvalue weighted by molar-refractivity contribution is -0.146. The molecule has 2 fully saturated rings. The zero-order valence-electron chi connectivity index (χ0n) is 14.5. The summed E-state index contributed by atoms with van der Waals surface area (Å²) < 4.78 is 0. The smallest absolute Gasteiger partial charge is 0.227 e. The Morgan fingerprint density at radius 1 is 0.913 bits per heavy atom. The Morgan fingerprint density at radius 3 is 2.04 bits per heavy atom. The average Bonchev–Trinajstić information content (AvgIpc) is 2.53. The molecule has 2 aliphatic heterocycles. The molecule has 2 heterocycles. The lowest BCUT2D eigenvalue weighted by Crippen LogP contribution is -2.50. The summed E-state index contributed by atoms with van der Waals surface area (Å²) in [6.45, 7) is 8.21.